The number of benzene rings is 2. The van der Waals surface area contributed by atoms with Gasteiger partial charge in [-0.15, -0.1) is 0 Å². The van der Waals surface area contributed by atoms with Gasteiger partial charge in [-0.2, -0.15) is 0 Å². The second-order valence-electron chi connectivity index (χ2n) is 5.68. The maximum absolute atomic E-state index is 12.7. The number of imide groups is 1. The van der Waals surface area contributed by atoms with E-state index < -0.39 is 0 Å². The third-order valence-corrected chi connectivity index (χ3v) is 5.76. The molecule has 1 aliphatic heterocycles. The number of amides is 2. The fraction of sp³-hybridized carbons (Fsp3) is 0.158. The summed E-state index contributed by atoms with van der Waals surface area (Å²) >= 11 is 8.76. The molecule has 0 bridgehead atoms. The Morgan fingerprint density at radius 2 is 1.96 bits per heavy atom. The van der Waals surface area contributed by atoms with E-state index in [-0.39, 0.29) is 23.4 Å². The fourth-order valence-corrected chi connectivity index (χ4v) is 4.09. The van der Waals surface area contributed by atoms with Gasteiger partial charge < -0.3 is 9.84 Å². The van der Waals surface area contributed by atoms with Crippen molar-refractivity contribution in [3.05, 3.63) is 61.0 Å². The monoisotopic (exact) mass is 515 g/mol. The average Bonchev–Trinajstić information content (AvgIpc) is 2.88. The predicted octanol–water partition coefficient (Wildman–Crippen LogP) is 5.29. The summed E-state index contributed by atoms with van der Waals surface area (Å²) in [4.78, 5) is 26.5. The van der Waals surface area contributed by atoms with Crippen LogP contribution in [-0.4, -0.2) is 27.8 Å². The zero-order valence-electron chi connectivity index (χ0n) is 14.2. The summed E-state index contributed by atoms with van der Waals surface area (Å²) in [6, 6.07) is 10.4. The van der Waals surface area contributed by atoms with Gasteiger partial charge in [0.05, 0.1) is 21.6 Å². The zero-order chi connectivity index (χ0) is 19.6. The summed E-state index contributed by atoms with van der Waals surface area (Å²) < 4.78 is 6.02. The Kier molecular flexibility index (Phi) is 6.33. The summed E-state index contributed by atoms with van der Waals surface area (Å²) in [5.74, 6) is 0.0579. The van der Waals surface area contributed by atoms with E-state index in [0.29, 0.717) is 31.4 Å². The lowest BCUT2D eigenvalue weighted by Crippen LogP contribution is -2.27. The first kappa shape index (κ1) is 20.0. The standard InChI is InChI=1S/C19H15ClINO4S/c1-2-26-15-8-12(7-14(21)17(15)23)9-16-18(24)22(19(25)27-16)10-11-3-5-13(20)6-4-11/h3-9,23H,2,10H2,1H3/b16-9-. The van der Waals surface area contributed by atoms with E-state index in [1.165, 1.54) is 4.90 Å². The number of phenolic OH excluding ortho intramolecular Hbond substituents is 1. The number of hydrogen-bond donors (Lipinski definition) is 1. The molecular weight excluding hydrogens is 501 g/mol. The van der Waals surface area contributed by atoms with Gasteiger partial charge in [-0.1, -0.05) is 23.7 Å². The molecule has 3 rings (SSSR count). The van der Waals surface area contributed by atoms with Crippen LogP contribution >= 0.6 is 46.0 Å². The van der Waals surface area contributed by atoms with Crippen LogP contribution in [0.15, 0.2) is 41.3 Å². The van der Waals surface area contributed by atoms with Crippen molar-refractivity contribution in [3.63, 3.8) is 0 Å². The third-order valence-electron chi connectivity index (χ3n) is 3.78. The van der Waals surface area contributed by atoms with E-state index in [4.69, 9.17) is 16.3 Å². The fourth-order valence-electron chi connectivity index (χ4n) is 2.50. The summed E-state index contributed by atoms with van der Waals surface area (Å²) in [6.45, 7) is 2.42. The number of aromatic hydroxyl groups is 1. The number of rotatable bonds is 5. The van der Waals surface area contributed by atoms with Crippen LogP contribution in [0.4, 0.5) is 4.79 Å². The van der Waals surface area contributed by atoms with Gasteiger partial charge in [-0.05, 0) is 82.7 Å². The summed E-state index contributed by atoms with van der Waals surface area (Å²) in [7, 11) is 0. The lowest BCUT2D eigenvalue weighted by atomic mass is 10.1. The first-order valence-electron chi connectivity index (χ1n) is 8.04. The van der Waals surface area contributed by atoms with E-state index in [0.717, 1.165) is 17.3 Å². The molecule has 0 aromatic heterocycles. The normalized spacial score (nSPS) is 15.7. The van der Waals surface area contributed by atoms with Gasteiger partial charge >= 0.3 is 0 Å². The van der Waals surface area contributed by atoms with Crippen molar-refractivity contribution in [1.82, 2.24) is 4.90 Å². The number of carbonyl (C=O) groups is 2. The van der Waals surface area contributed by atoms with Gasteiger partial charge in [-0.3, -0.25) is 14.5 Å². The summed E-state index contributed by atoms with van der Waals surface area (Å²) in [5.41, 5.74) is 1.50. The van der Waals surface area contributed by atoms with Crippen molar-refractivity contribution in [1.29, 1.82) is 0 Å². The van der Waals surface area contributed by atoms with E-state index in [1.54, 1.807) is 42.5 Å². The second-order valence-corrected chi connectivity index (χ2v) is 8.27. The van der Waals surface area contributed by atoms with Crippen LogP contribution in [0.2, 0.25) is 5.02 Å². The van der Waals surface area contributed by atoms with Crippen LogP contribution in [0, 0.1) is 3.57 Å². The maximum atomic E-state index is 12.7. The van der Waals surface area contributed by atoms with Gasteiger partial charge in [0.2, 0.25) is 0 Å². The Hall–Kier alpha value is -1.71. The number of ether oxygens (including phenoxy) is 1. The molecule has 2 amide bonds. The highest BCUT2D eigenvalue weighted by atomic mass is 127. The van der Waals surface area contributed by atoms with Gasteiger partial charge in [0, 0.05) is 5.02 Å². The van der Waals surface area contributed by atoms with Crippen molar-refractivity contribution < 1.29 is 19.4 Å². The Morgan fingerprint density at radius 3 is 2.63 bits per heavy atom. The minimum Gasteiger partial charge on any atom is -0.504 e. The third kappa shape index (κ3) is 4.59. The molecule has 0 unspecified atom stereocenters. The van der Waals surface area contributed by atoms with E-state index in [1.807, 2.05) is 29.5 Å². The molecule has 0 saturated carbocycles. The van der Waals surface area contributed by atoms with Crippen molar-refractivity contribution >= 4 is 63.2 Å². The second kappa shape index (κ2) is 8.53. The smallest absolute Gasteiger partial charge is 0.293 e. The number of hydrogen-bond acceptors (Lipinski definition) is 5. The van der Waals surface area contributed by atoms with Crippen LogP contribution < -0.4 is 4.74 Å². The van der Waals surface area contributed by atoms with Crippen molar-refractivity contribution in [2.75, 3.05) is 6.61 Å². The Bertz CT molecular complexity index is 930. The van der Waals surface area contributed by atoms with Crippen molar-refractivity contribution in [2.24, 2.45) is 0 Å². The Morgan fingerprint density at radius 1 is 1.26 bits per heavy atom. The van der Waals surface area contributed by atoms with Crippen LogP contribution in [-0.2, 0) is 11.3 Å². The lowest BCUT2D eigenvalue weighted by Gasteiger charge is -2.12. The molecule has 27 heavy (non-hydrogen) atoms. The number of carbonyl (C=O) groups excluding carboxylic acids is 2. The predicted molar refractivity (Wildman–Crippen MR) is 115 cm³/mol. The zero-order valence-corrected chi connectivity index (χ0v) is 18.0. The van der Waals surface area contributed by atoms with Gasteiger partial charge in [0.15, 0.2) is 11.5 Å². The van der Waals surface area contributed by atoms with Crippen LogP contribution in [0.5, 0.6) is 11.5 Å². The molecule has 1 aliphatic rings. The molecule has 5 nitrogen and oxygen atoms in total. The number of phenols is 1. The largest absolute Gasteiger partial charge is 0.504 e. The Labute approximate surface area is 179 Å². The molecule has 8 heteroatoms. The molecule has 1 heterocycles. The number of thioether (sulfide) groups is 1. The van der Waals surface area contributed by atoms with Gasteiger partial charge in [0.25, 0.3) is 11.1 Å². The first-order chi connectivity index (χ1) is 12.9. The molecule has 140 valence electrons. The molecular formula is C19H15ClINO4S. The number of halogens is 2. The molecule has 2 aromatic rings. The molecule has 1 fully saturated rings. The topological polar surface area (TPSA) is 66.8 Å². The highest BCUT2D eigenvalue weighted by Crippen LogP contribution is 2.37. The molecule has 1 saturated heterocycles. The molecule has 0 spiro atoms. The SMILES string of the molecule is CCOc1cc(/C=C2\SC(=O)N(Cc3ccc(Cl)cc3)C2=O)cc(I)c1O. The molecule has 2 aromatic carbocycles. The summed E-state index contributed by atoms with van der Waals surface area (Å²) in [6.07, 6.45) is 1.64. The quantitative estimate of drug-likeness (QED) is 0.433. The van der Waals surface area contributed by atoms with Crippen molar-refractivity contribution in [3.8, 4) is 11.5 Å². The lowest BCUT2D eigenvalue weighted by molar-refractivity contribution is -0.123. The highest BCUT2D eigenvalue weighted by Gasteiger charge is 2.35. The van der Waals surface area contributed by atoms with E-state index in [9.17, 15) is 14.7 Å². The molecule has 0 radical (unpaired) electrons. The van der Waals surface area contributed by atoms with Gasteiger partial charge in [0.1, 0.15) is 0 Å². The van der Waals surface area contributed by atoms with Crippen LogP contribution in [0.25, 0.3) is 6.08 Å². The van der Waals surface area contributed by atoms with Crippen LogP contribution in [0.1, 0.15) is 18.1 Å². The van der Waals surface area contributed by atoms with Crippen molar-refractivity contribution in [2.45, 2.75) is 13.5 Å². The molecule has 1 N–H and O–H groups in total. The van der Waals surface area contributed by atoms with Crippen LogP contribution in [0.3, 0.4) is 0 Å². The number of nitrogens with zero attached hydrogens (tertiary/aromatic N) is 1. The minimum absolute atomic E-state index is 0.0606. The van der Waals surface area contributed by atoms with E-state index in [2.05, 4.69) is 0 Å². The first-order valence-corrected chi connectivity index (χ1v) is 10.3. The average molecular weight is 516 g/mol. The highest BCUT2D eigenvalue weighted by molar-refractivity contribution is 14.1. The Balaban J connectivity index is 1.85. The molecule has 0 atom stereocenters. The van der Waals surface area contributed by atoms with E-state index >= 15 is 0 Å². The molecule has 0 aliphatic carbocycles. The van der Waals surface area contributed by atoms with Gasteiger partial charge in [-0.25, -0.2) is 0 Å². The minimum atomic E-state index is -0.346. The summed E-state index contributed by atoms with van der Waals surface area (Å²) in [5, 5.41) is 10.3. The maximum Gasteiger partial charge on any atom is 0.293 e.